The molecule has 6 heteroatoms. The molecule has 1 aromatic heterocycles. The van der Waals surface area contributed by atoms with Gasteiger partial charge in [-0.3, -0.25) is 0 Å². The van der Waals surface area contributed by atoms with Crippen LogP contribution in [0.5, 0.6) is 5.88 Å². The first-order valence-corrected chi connectivity index (χ1v) is 5.71. The summed E-state index contributed by atoms with van der Waals surface area (Å²) in [6.45, 7) is 6.92. The van der Waals surface area contributed by atoms with Crippen molar-refractivity contribution < 1.29 is 9.47 Å². The molecule has 0 aliphatic heterocycles. The predicted molar refractivity (Wildman–Crippen MR) is 67.4 cm³/mol. The van der Waals surface area contributed by atoms with Gasteiger partial charge in [0.2, 0.25) is 5.88 Å². The fraction of sp³-hybridized carbons (Fsp3) is 0.636. The lowest BCUT2D eigenvalue weighted by atomic mass is 10.4. The fourth-order valence-corrected chi connectivity index (χ4v) is 1.52. The fourth-order valence-electron chi connectivity index (χ4n) is 1.52. The van der Waals surface area contributed by atoms with Gasteiger partial charge in [-0.15, -0.1) is 0 Å². The van der Waals surface area contributed by atoms with Crippen molar-refractivity contribution in [2.24, 2.45) is 0 Å². The first-order valence-electron chi connectivity index (χ1n) is 5.71. The molecule has 0 aliphatic rings. The normalized spacial score (nSPS) is 10.3. The largest absolute Gasteiger partial charge is 0.479 e. The van der Waals surface area contributed by atoms with Crippen molar-refractivity contribution in [1.82, 2.24) is 9.97 Å². The van der Waals surface area contributed by atoms with Crippen molar-refractivity contribution in [3.05, 3.63) is 6.33 Å². The number of likely N-dealkylation sites (N-methyl/N-ethyl adjacent to an activating group) is 1. The minimum absolute atomic E-state index is 0.407. The van der Waals surface area contributed by atoms with Gasteiger partial charge in [-0.05, 0) is 13.8 Å². The highest BCUT2D eigenvalue weighted by Gasteiger charge is 2.13. The number of ether oxygens (including phenoxy) is 2. The number of rotatable bonds is 7. The van der Waals surface area contributed by atoms with Crippen molar-refractivity contribution in [2.75, 3.05) is 44.0 Å². The van der Waals surface area contributed by atoms with Crippen molar-refractivity contribution >= 4 is 11.5 Å². The van der Waals surface area contributed by atoms with Gasteiger partial charge in [0.05, 0.1) is 13.7 Å². The molecule has 0 amide bonds. The maximum absolute atomic E-state index is 5.94. The molecular weight excluding hydrogens is 220 g/mol. The number of hydrogen-bond donors (Lipinski definition) is 1. The Labute approximate surface area is 102 Å². The zero-order valence-corrected chi connectivity index (χ0v) is 10.6. The molecule has 6 nitrogen and oxygen atoms in total. The Morgan fingerprint density at radius 2 is 2.12 bits per heavy atom. The van der Waals surface area contributed by atoms with E-state index in [0.29, 0.717) is 30.6 Å². The second-order valence-electron chi connectivity index (χ2n) is 3.40. The van der Waals surface area contributed by atoms with Gasteiger partial charge < -0.3 is 20.1 Å². The molecule has 0 aromatic carbocycles. The molecule has 0 atom stereocenters. The number of hydrogen-bond acceptors (Lipinski definition) is 6. The van der Waals surface area contributed by atoms with E-state index < -0.39 is 0 Å². The zero-order valence-electron chi connectivity index (χ0n) is 10.6. The van der Waals surface area contributed by atoms with Crippen LogP contribution < -0.4 is 15.4 Å². The summed E-state index contributed by atoms with van der Waals surface area (Å²) in [5.41, 5.74) is 6.41. The average molecular weight is 240 g/mol. The second kappa shape index (κ2) is 6.90. The number of nitrogen functional groups attached to an aromatic ring is 1. The molecule has 0 aliphatic carbocycles. The number of methoxy groups -OCH3 is 1. The van der Waals surface area contributed by atoms with Gasteiger partial charge in [0, 0.05) is 19.7 Å². The summed E-state index contributed by atoms with van der Waals surface area (Å²) in [6, 6.07) is 0. The Hall–Kier alpha value is -1.56. The van der Waals surface area contributed by atoms with Gasteiger partial charge in [0.1, 0.15) is 12.0 Å². The molecule has 1 heterocycles. The molecule has 96 valence electrons. The van der Waals surface area contributed by atoms with Crippen LogP contribution in [0.3, 0.4) is 0 Å². The van der Waals surface area contributed by atoms with E-state index in [2.05, 4.69) is 9.97 Å². The number of anilines is 2. The van der Waals surface area contributed by atoms with E-state index in [1.54, 1.807) is 7.11 Å². The molecular formula is C11H20N4O2. The summed E-state index contributed by atoms with van der Waals surface area (Å²) < 4.78 is 10.4. The van der Waals surface area contributed by atoms with E-state index in [-0.39, 0.29) is 0 Å². The standard InChI is InChI=1S/C11H20N4O2/c1-4-15(6-7-17-5-2)10-9(12)11(16-3)14-8-13-10/h8H,4-7,12H2,1-3H3. The highest BCUT2D eigenvalue weighted by Crippen LogP contribution is 2.26. The number of nitrogens with zero attached hydrogens (tertiary/aromatic N) is 3. The minimum Gasteiger partial charge on any atom is -0.479 e. The molecule has 0 spiro atoms. The van der Waals surface area contributed by atoms with Crippen molar-refractivity contribution in [3.8, 4) is 5.88 Å². The second-order valence-corrected chi connectivity index (χ2v) is 3.40. The van der Waals surface area contributed by atoms with E-state index in [9.17, 15) is 0 Å². The van der Waals surface area contributed by atoms with Crippen LogP contribution in [0.1, 0.15) is 13.8 Å². The van der Waals surface area contributed by atoms with E-state index >= 15 is 0 Å². The van der Waals surface area contributed by atoms with Crippen LogP contribution in [0, 0.1) is 0 Å². The third-order valence-electron chi connectivity index (χ3n) is 2.41. The summed E-state index contributed by atoms with van der Waals surface area (Å²) in [6.07, 6.45) is 1.45. The molecule has 1 aromatic rings. The molecule has 17 heavy (non-hydrogen) atoms. The van der Waals surface area contributed by atoms with Gasteiger partial charge in [-0.1, -0.05) is 0 Å². The molecule has 0 radical (unpaired) electrons. The Morgan fingerprint density at radius 3 is 2.71 bits per heavy atom. The Kier molecular flexibility index (Phi) is 5.48. The van der Waals surface area contributed by atoms with Gasteiger partial charge >= 0.3 is 0 Å². The molecule has 0 saturated heterocycles. The molecule has 0 saturated carbocycles. The highest BCUT2D eigenvalue weighted by molar-refractivity contribution is 5.67. The third-order valence-corrected chi connectivity index (χ3v) is 2.41. The number of aromatic nitrogens is 2. The summed E-state index contributed by atoms with van der Waals surface area (Å²) in [5.74, 6) is 1.10. The molecule has 2 N–H and O–H groups in total. The summed E-state index contributed by atoms with van der Waals surface area (Å²) in [7, 11) is 1.54. The lowest BCUT2D eigenvalue weighted by Crippen LogP contribution is -2.29. The maximum atomic E-state index is 5.94. The first kappa shape index (κ1) is 13.5. The molecule has 0 bridgehead atoms. The van der Waals surface area contributed by atoms with Crippen molar-refractivity contribution in [2.45, 2.75) is 13.8 Å². The Morgan fingerprint density at radius 1 is 1.35 bits per heavy atom. The molecule has 0 unspecified atom stereocenters. The lowest BCUT2D eigenvalue weighted by Gasteiger charge is -2.23. The summed E-state index contributed by atoms with van der Waals surface area (Å²) in [5, 5.41) is 0. The van der Waals surface area contributed by atoms with Crippen LogP contribution in [0.25, 0.3) is 0 Å². The molecule has 1 rings (SSSR count). The van der Waals surface area contributed by atoms with Crippen LogP contribution in [-0.2, 0) is 4.74 Å². The van der Waals surface area contributed by atoms with Crippen molar-refractivity contribution in [1.29, 1.82) is 0 Å². The lowest BCUT2D eigenvalue weighted by molar-refractivity contribution is 0.154. The van der Waals surface area contributed by atoms with Crippen LogP contribution in [-0.4, -0.2) is 43.4 Å². The van der Waals surface area contributed by atoms with E-state index in [1.807, 2.05) is 18.7 Å². The van der Waals surface area contributed by atoms with Crippen LogP contribution in [0.2, 0.25) is 0 Å². The zero-order chi connectivity index (χ0) is 12.7. The van der Waals surface area contributed by atoms with E-state index in [4.69, 9.17) is 15.2 Å². The topological polar surface area (TPSA) is 73.5 Å². The SMILES string of the molecule is CCOCCN(CC)c1ncnc(OC)c1N. The first-order chi connectivity index (χ1) is 8.24. The van der Waals surface area contributed by atoms with Crippen LogP contribution in [0.4, 0.5) is 11.5 Å². The van der Waals surface area contributed by atoms with Gasteiger partial charge in [0.15, 0.2) is 5.82 Å². The monoisotopic (exact) mass is 240 g/mol. The third kappa shape index (κ3) is 3.45. The van der Waals surface area contributed by atoms with Crippen molar-refractivity contribution in [3.63, 3.8) is 0 Å². The number of nitrogens with two attached hydrogens (primary N) is 1. The quantitative estimate of drug-likeness (QED) is 0.715. The van der Waals surface area contributed by atoms with E-state index in [1.165, 1.54) is 6.33 Å². The Balaban J connectivity index is 2.80. The average Bonchev–Trinajstić information content (AvgIpc) is 2.36. The van der Waals surface area contributed by atoms with E-state index in [0.717, 1.165) is 13.1 Å². The smallest absolute Gasteiger partial charge is 0.242 e. The summed E-state index contributed by atoms with van der Waals surface area (Å²) in [4.78, 5) is 10.2. The van der Waals surface area contributed by atoms with Crippen LogP contribution >= 0.6 is 0 Å². The highest BCUT2D eigenvalue weighted by atomic mass is 16.5. The molecule has 0 fully saturated rings. The predicted octanol–water partition coefficient (Wildman–Crippen LogP) is 0.930. The Bertz CT molecular complexity index is 346. The van der Waals surface area contributed by atoms with Gasteiger partial charge in [-0.25, -0.2) is 4.98 Å². The maximum Gasteiger partial charge on any atom is 0.242 e. The van der Waals surface area contributed by atoms with Crippen LogP contribution in [0.15, 0.2) is 6.33 Å². The van der Waals surface area contributed by atoms with Gasteiger partial charge in [0.25, 0.3) is 0 Å². The van der Waals surface area contributed by atoms with Gasteiger partial charge in [-0.2, -0.15) is 4.98 Å². The summed E-state index contributed by atoms with van der Waals surface area (Å²) >= 11 is 0. The minimum atomic E-state index is 0.407.